The highest BCUT2D eigenvalue weighted by atomic mass is 32.2. The predicted molar refractivity (Wildman–Crippen MR) is 117 cm³/mol. The predicted octanol–water partition coefficient (Wildman–Crippen LogP) is 2.79. The molecule has 1 amide bonds. The van der Waals surface area contributed by atoms with E-state index in [0.717, 1.165) is 11.3 Å². The Labute approximate surface area is 182 Å². The summed E-state index contributed by atoms with van der Waals surface area (Å²) in [7, 11) is -3.72. The van der Waals surface area contributed by atoms with E-state index in [4.69, 9.17) is 9.26 Å². The van der Waals surface area contributed by atoms with Crippen LogP contribution in [0.2, 0.25) is 0 Å². The molecule has 2 heterocycles. The normalized spacial score (nSPS) is 15.7. The maximum absolute atomic E-state index is 13.0. The zero-order chi connectivity index (χ0) is 22.4. The van der Waals surface area contributed by atoms with Crippen LogP contribution < -0.4 is 4.74 Å². The number of aromatic nitrogens is 1. The van der Waals surface area contributed by atoms with Gasteiger partial charge in [-0.3, -0.25) is 4.79 Å². The monoisotopic (exact) mass is 445 g/mol. The van der Waals surface area contributed by atoms with Gasteiger partial charge in [0.25, 0.3) is 0 Å². The second-order valence-corrected chi connectivity index (χ2v) is 9.11. The smallest absolute Gasteiger partial charge is 0.248 e. The zero-order valence-electron chi connectivity index (χ0n) is 17.8. The minimum Gasteiger partial charge on any atom is -0.490 e. The lowest BCUT2D eigenvalue weighted by Crippen LogP contribution is -2.37. The van der Waals surface area contributed by atoms with E-state index in [1.54, 1.807) is 30.9 Å². The van der Waals surface area contributed by atoms with Gasteiger partial charge < -0.3 is 14.2 Å². The van der Waals surface area contributed by atoms with Crippen LogP contribution in [0.1, 0.15) is 23.4 Å². The van der Waals surface area contributed by atoms with Gasteiger partial charge in [0.05, 0.1) is 0 Å². The fourth-order valence-corrected chi connectivity index (χ4v) is 5.19. The lowest BCUT2D eigenvalue weighted by atomic mass is 10.2. The summed E-state index contributed by atoms with van der Waals surface area (Å²) in [5.41, 5.74) is 1.22. The summed E-state index contributed by atoms with van der Waals surface area (Å²) < 4.78 is 37.9. The Morgan fingerprint density at radius 1 is 1.19 bits per heavy atom. The van der Waals surface area contributed by atoms with E-state index in [9.17, 15) is 13.2 Å². The van der Waals surface area contributed by atoms with E-state index < -0.39 is 10.0 Å². The highest BCUT2D eigenvalue weighted by Gasteiger charge is 2.32. The largest absolute Gasteiger partial charge is 0.490 e. The molecule has 0 N–H and O–H groups in total. The number of nitrogens with zero attached hydrogens (tertiary/aromatic N) is 3. The molecule has 3 rings (SSSR count). The van der Waals surface area contributed by atoms with Gasteiger partial charge in [-0.25, -0.2) is 8.42 Å². The van der Waals surface area contributed by atoms with Gasteiger partial charge in [-0.2, -0.15) is 4.31 Å². The van der Waals surface area contributed by atoms with Gasteiger partial charge in [0, 0.05) is 32.3 Å². The summed E-state index contributed by atoms with van der Waals surface area (Å²) in [5, 5.41) is 3.75. The maximum Gasteiger partial charge on any atom is 0.248 e. The van der Waals surface area contributed by atoms with Gasteiger partial charge >= 0.3 is 0 Å². The molecular weight excluding hydrogens is 418 g/mol. The number of aryl methyl sites for hydroxylation is 2. The summed E-state index contributed by atoms with van der Waals surface area (Å²) in [6, 6.07) is 7.39. The van der Waals surface area contributed by atoms with Crippen molar-refractivity contribution in [1.29, 1.82) is 0 Å². The van der Waals surface area contributed by atoms with E-state index >= 15 is 0 Å². The summed E-state index contributed by atoms with van der Waals surface area (Å²) >= 11 is 0. The van der Waals surface area contributed by atoms with Crippen LogP contribution in [0.25, 0.3) is 6.08 Å². The number of hydrogen-bond donors (Lipinski definition) is 0. The van der Waals surface area contributed by atoms with Crippen molar-refractivity contribution in [2.75, 3.05) is 32.8 Å². The second kappa shape index (κ2) is 9.93. The topological polar surface area (TPSA) is 93.0 Å². The van der Waals surface area contributed by atoms with E-state index in [-0.39, 0.29) is 23.1 Å². The van der Waals surface area contributed by atoms with Crippen molar-refractivity contribution in [2.45, 2.75) is 25.2 Å². The SMILES string of the molecule is C=CCOc1ccc(/C=C/C(=O)N2CCCN(S(=O)(=O)c3c(C)noc3C)CC2)cc1. The maximum atomic E-state index is 13.0. The van der Waals surface area contributed by atoms with Gasteiger partial charge in [-0.05, 0) is 44.0 Å². The molecule has 1 aromatic heterocycles. The quantitative estimate of drug-likeness (QED) is 0.481. The first-order chi connectivity index (χ1) is 14.8. The molecule has 1 aliphatic rings. The summed E-state index contributed by atoms with van der Waals surface area (Å²) in [4.78, 5) is 14.4. The Kier molecular flexibility index (Phi) is 7.29. The van der Waals surface area contributed by atoms with Crippen molar-refractivity contribution in [2.24, 2.45) is 0 Å². The van der Waals surface area contributed by atoms with Crippen molar-refractivity contribution >= 4 is 22.0 Å². The van der Waals surface area contributed by atoms with Gasteiger partial charge in [0.15, 0.2) is 5.76 Å². The number of rotatable bonds is 7. The molecule has 0 atom stereocenters. The first kappa shape index (κ1) is 22.8. The highest BCUT2D eigenvalue weighted by Crippen LogP contribution is 2.24. The standard InChI is InChI=1S/C22H27N3O5S/c1-4-16-29-20-9-6-19(7-10-20)8-11-21(26)24-12-5-13-25(15-14-24)31(27,28)22-17(2)23-30-18(22)3/h4,6-11H,1,5,12-16H2,2-3H3/b11-8+. The fourth-order valence-electron chi connectivity index (χ4n) is 3.43. The van der Waals surface area contributed by atoms with Crippen LogP contribution in [0.4, 0.5) is 0 Å². The van der Waals surface area contributed by atoms with Crippen molar-refractivity contribution in [3.63, 3.8) is 0 Å². The molecule has 0 unspecified atom stereocenters. The van der Waals surface area contributed by atoms with Gasteiger partial charge in [0.2, 0.25) is 15.9 Å². The van der Waals surface area contributed by atoms with E-state index in [0.29, 0.717) is 38.4 Å². The molecule has 1 fully saturated rings. The van der Waals surface area contributed by atoms with Crippen molar-refractivity contribution < 1.29 is 22.5 Å². The van der Waals surface area contributed by atoms with Crippen molar-refractivity contribution in [3.8, 4) is 5.75 Å². The number of carbonyl (C=O) groups excluding carboxylic acids is 1. The van der Waals surface area contributed by atoms with Gasteiger partial charge in [-0.15, -0.1) is 0 Å². The Balaban J connectivity index is 1.62. The lowest BCUT2D eigenvalue weighted by molar-refractivity contribution is -0.125. The fraction of sp³-hybridized carbons (Fsp3) is 0.364. The number of amides is 1. The third-order valence-electron chi connectivity index (χ3n) is 5.00. The molecule has 31 heavy (non-hydrogen) atoms. The van der Waals surface area contributed by atoms with Crippen LogP contribution in [0.15, 0.2) is 52.4 Å². The molecule has 9 heteroatoms. The first-order valence-electron chi connectivity index (χ1n) is 10.1. The molecule has 0 saturated carbocycles. The second-order valence-electron chi connectivity index (χ2n) is 7.24. The van der Waals surface area contributed by atoms with E-state index in [1.807, 2.05) is 24.3 Å². The summed E-state index contributed by atoms with van der Waals surface area (Å²) in [6.07, 6.45) is 5.48. The van der Waals surface area contributed by atoms with Crippen LogP contribution in [-0.4, -0.2) is 61.5 Å². The minimum absolute atomic E-state index is 0.118. The van der Waals surface area contributed by atoms with Crippen LogP contribution in [-0.2, 0) is 14.8 Å². The molecule has 1 aromatic carbocycles. The van der Waals surface area contributed by atoms with Gasteiger partial charge in [-0.1, -0.05) is 29.9 Å². The molecule has 1 aliphatic heterocycles. The summed E-state index contributed by atoms with van der Waals surface area (Å²) in [6.45, 7) is 8.62. The Morgan fingerprint density at radius 2 is 1.94 bits per heavy atom. The number of carbonyl (C=O) groups is 1. The molecule has 0 radical (unpaired) electrons. The molecular formula is C22H27N3O5S. The minimum atomic E-state index is -3.72. The van der Waals surface area contributed by atoms with Crippen LogP contribution in [0.5, 0.6) is 5.75 Å². The average molecular weight is 446 g/mol. The first-order valence-corrected chi connectivity index (χ1v) is 11.5. The van der Waals surface area contributed by atoms with Crippen LogP contribution >= 0.6 is 0 Å². The van der Waals surface area contributed by atoms with Crippen molar-refractivity contribution in [1.82, 2.24) is 14.4 Å². The number of sulfonamides is 1. The number of hydrogen-bond acceptors (Lipinski definition) is 6. The molecule has 8 nitrogen and oxygen atoms in total. The highest BCUT2D eigenvalue weighted by molar-refractivity contribution is 7.89. The van der Waals surface area contributed by atoms with E-state index in [1.165, 1.54) is 10.4 Å². The molecule has 0 spiro atoms. The van der Waals surface area contributed by atoms with Crippen molar-refractivity contribution in [3.05, 3.63) is 60.0 Å². The molecule has 0 bridgehead atoms. The lowest BCUT2D eigenvalue weighted by Gasteiger charge is -2.21. The zero-order valence-corrected chi connectivity index (χ0v) is 18.6. The third kappa shape index (κ3) is 5.42. The third-order valence-corrected chi connectivity index (χ3v) is 7.14. The van der Waals surface area contributed by atoms with Crippen LogP contribution in [0.3, 0.4) is 0 Å². The summed E-state index contributed by atoms with van der Waals surface area (Å²) in [5.74, 6) is 0.859. The number of ether oxygens (including phenoxy) is 1. The van der Waals surface area contributed by atoms with Gasteiger partial charge in [0.1, 0.15) is 22.9 Å². The Bertz CT molecular complexity index is 1040. The Hall–Kier alpha value is -2.91. The van der Waals surface area contributed by atoms with Crippen LogP contribution in [0, 0.1) is 13.8 Å². The number of benzene rings is 1. The molecule has 1 saturated heterocycles. The average Bonchev–Trinajstić information content (AvgIpc) is 2.95. The van der Waals surface area contributed by atoms with E-state index in [2.05, 4.69) is 11.7 Å². The molecule has 2 aromatic rings. The Morgan fingerprint density at radius 3 is 2.58 bits per heavy atom. The molecule has 0 aliphatic carbocycles. The molecule has 166 valence electrons.